The third kappa shape index (κ3) is 4.14. The molecular formula is C36H23ClN4O. The van der Waals surface area contributed by atoms with Gasteiger partial charge < -0.3 is 9.73 Å². The monoisotopic (exact) mass is 562 g/mol. The molecule has 0 fully saturated rings. The number of pyridine rings is 1. The highest BCUT2D eigenvalue weighted by Gasteiger charge is 2.24. The first-order valence-electron chi connectivity index (χ1n) is 13.7. The summed E-state index contributed by atoms with van der Waals surface area (Å²) in [5.41, 5.74) is 6.57. The Kier molecular flexibility index (Phi) is 5.83. The SMILES string of the molecule is Clc1cncc2c1oc1cccc(C3=NC(c4ccc(-c5cccc6ccccc56)cc4)N=C(c4ccccc4)N3)c12. The lowest BCUT2D eigenvalue weighted by Crippen LogP contribution is -2.36. The fourth-order valence-corrected chi connectivity index (χ4v) is 5.89. The lowest BCUT2D eigenvalue weighted by atomic mass is 9.97. The Balaban J connectivity index is 1.25. The molecule has 0 spiro atoms. The van der Waals surface area contributed by atoms with E-state index in [0.717, 1.165) is 44.4 Å². The van der Waals surface area contributed by atoms with Gasteiger partial charge in [-0.15, -0.1) is 0 Å². The Morgan fingerprint density at radius 3 is 2.24 bits per heavy atom. The Bertz CT molecular complexity index is 2180. The zero-order valence-corrected chi connectivity index (χ0v) is 23.1. The lowest BCUT2D eigenvalue weighted by molar-refractivity contribution is 0.668. The third-order valence-electron chi connectivity index (χ3n) is 7.71. The molecule has 0 bridgehead atoms. The standard InChI is InChI=1S/C36H23ClN4O/c37-30-21-38-20-29-32-28(14-7-15-31(32)42-33(29)30)36-40-34(24-9-2-1-3-10-24)39-35(41-36)25-18-16-23(17-19-25)27-13-6-11-22-8-4-5-12-26(22)27/h1-21,35H,(H,39,40,41). The van der Waals surface area contributed by atoms with Crippen LogP contribution in [0.15, 0.2) is 142 Å². The number of halogens is 1. The van der Waals surface area contributed by atoms with Crippen LogP contribution in [0.1, 0.15) is 22.9 Å². The van der Waals surface area contributed by atoms with Crippen molar-refractivity contribution in [3.05, 3.63) is 149 Å². The molecule has 0 saturated heterocycles. The number of rotatable bonds is 4. The molecular weight excluding hydrogens is 540 g/mol. The van der Waals surface area contributed by atoms with Gasteiger partial charge in [0, 0.05) is 34.3 Å². The van der Waals surface area contributed by atoms with Crippen LogP contribution in [0.4, 0.5) is 0 Å². The van der Waals surface area contributed by atoms with Gasteiger partial charge in [-0.25, -0.2) is 9.98 Å². The predicted octanol–water partition coefficient (Wildman–Crippen LogP) is 8.95. The number of nitrogens with zero attached hydrogens (tertiary/aromatic N) is 3. The molecule has 0 saturated carbocycles. The average Bonchev–Trinajstić information content (AvgIpc) is 3.45. The van der Waals surface area contributed by atoms with E-state index in [-0.39, 0.29) is 0 Å². The van der Waals surface area contributed by atoms with Crippen LogP contribution in [0.25, 0.3) is 43.8 Å². The smallest absolute Gasteiger partial charge is 0.169 e. The van der Waals surface area contributed by atoms with Crippen LogP contribution in [0.2, 0.25) is 5.02 Å². The van der Waals surface area contributed by atoms with Crippen molar-refractivity contribution in [1.82, 2.24) is 10.3 Å². The largest absolute Gasteiger partial charge is 0.454 e. The van der Waals surface area contributed by atoms with E-state index in [1.165, 1.54) is 16.3 Å². The van der Waals surface area contributed by atoms with Gasteiger partial charge >= 0.3 is 0 Å². The van der Waals surface area contributed by atoms with Crippen LogP contribution in [-0.4, -0.2) is 16.7 Å². The normalized spacial score (nSPS) is 15.0. The molecule has 200 valence electrons. The molecule has 7 aromatic rings. The second kappa shape index (κ2) is 9.98. The molecule has 6 heteroatoms. The van der Waals surface area contributed by atoms with Gasteiger partial charge in [-0.2, -0.15) is 0 Å². The second-order valence-electron chi connectivity index (χ2n) is 10.2. The minimum atomic E-state index is -0.437. The zero-order chi connectivity index (χ0) is 28.0. The molecule has 3 heterocycles. The van der Waals surface area contributed by atoms with Crippen LogP contribution in [0.3, 0.4) is 0 Å². The molecule has 1 unspecified atom stereocenters. The summed E-state index contributed by atoms with van der Waals surface area (Å²) < 4.78 is 6.14. The number of amidine groups is 2. The average molecular weight is 563 g/mol. The molecule has 1 atom stereocenters. The number of fused-ring (bicyclic) bond motifs is 4. The maximum absolute atomic E-state index is 6.44. The third-order valence-corrected chi connectivity index (χ3v) is 7.98. The van der Waals surface area contributed by atoms with E-state index in [1.54, 1.807) is 12.4 Å². The number of hydrogen-bond donors (Lipinski definition) is 1. The fraction of sp³-hybridized carbons (Fsp3) is 0.0278. The van der Waals surface area contributed by atoms with E-state index in [1.807, 2.05) is 48.5 Å². The minimum Gasteiger partial charge on any atom is -0.454 e. The number of aromatic nitrogens is 1. The predicted molar refractivity (Wildman–Crippen MR) is 171 cm³/mol. The van der Waals surface area contributed by atoms with Gasteiger partial charge in [-0.1, -0.05) is 121 Å². The summed E-state index contributed by atoms with van der Waals surface area (Å²) in [6, 6.07) is 39.5. The topological polar surface area (TPSA) is 62.8 Å². The first kappa shape index (κ1) is 24.5. The Morgan fingerprint density at radius 2 is 1.36 bits per heavy atom. The molecule has 42 heavy (non-hydrogen) atoms. The van der Waals surface area contributed by atoms with Crippen LogP contribution in [0.5, 0.6) is 0 Å². The maximum atomic E-state index is 6.44. The van der Waals surface area contributed by atoms with Crippen molar-refractivity contribution in [3.8, 4) is 11.1 Å². The number of aliphatic imine (C=N–C) groups is 2. The van der Waals surface area contributed by atoms with Crippen LogP contribution >= 0.6 is 11.6 Å². The molecule has 1 aliphatic heterocycles. The maximum Gasteiger partial charge on any atom is 0.169 e. The van der Waals surface area contributed by atoms with Gasteiger partial charge in [-0.3, -0.25) is 4.98 Å². The molecule has 0 aliphatic carbocycles. The quantitative estimate of drug-likeness (QED) is 0.233. The van der Waals surface area contributed by atoms with E-state index >= 15 is 0 Å². The van der Waals surface area contributed by atoms with Crippen molar-refractivity contribution in [2.24, 2.45) is 9.98 Å². The number of hydrogen-bond acceptors (Lipinski definition) is 5. The second-order valence-corrected chi connectivity index (χ2v) is 10.7. The molecule has 1 N–H and O–H groups in total. The molecule has 0 radical (unpaired) electrons. The van der Waals surface area contributed by atoms with Crippen molar-refractivity contribution < 1.29 is 4.42 Å². The fourth-order valence-electron chi connectivity index (χ4n) is 5.70. The Morgan fingerprint density at radius 1 is 0.619 bits per heavy atom. The zero-order valence-electron chi connectivity index (χ0n) is 22.3. The van der Waals surface area contributed by atoms with E-state index in [0.29, 0.717) is 16.4 Å². The number of benzene rings is 5. The summed E-state index contributed by atoms with van der Waals surface area (Å²) in [7, 11) is 0. The molecule has 8 rings (SSSR count). The minimum absolute atomic E-state index is 0.437. The lowest BCUT2D eigenvalue weighted by Gasteiger charge is -2.23. The first-order valence-corrected chi connectivity index (χ1v) is 14.1. The first-order chi connectivity index (χ1) is 20.7. The summed E-state index contributed by atoms with van der Waals surface area (Å²) in [4.78, 5) is 14.5. The summed E-state index contributed by atoms with van der Waals surface area (Å²) in [6.45, 7) is 0. The molecule has 2 aromatic heterocycles. The van der Waals surface area contributed by atoms with E-state index < -0.39 is 6.17 Å². The number of nitrogens with one attached hydrogen (secondary N) is 1. The van der Waals surface area contributed by atoms with Crippen molar-refractivity contribution in [2.45, 2.75) is 6.17 Å². The van der Waals surface area contributed by atoms with Gasteiger partial charge in [-0.05, 0) is 33.5 Å². The van der Waals surface area contributed by atoms with Crippen LogP contribution in [0, 0.1) is 0 Å². The highest BCUT2D eigenvalue weighted by molar-refractivity contribution is 6.36. The van der Waals surface area contributed by atoms with Gasteiger partial charge in [0.25, 0.3) is 0 Å². The van der Waals surface area contributed by atoms with Gasteiger partial charge in [0.05, 0.1) is 0 Å². The van der Waals surface area contributed by atoms with E-state index in [4.69, 9.17) is 26.0 Å². The van der Waals surface area contributed by atoms with E-state index in [9.17, 15) is 0 Å². The van der Waals surface area contributed by atoms with Crippen LogP contribution in [-0.2, 0) is 0 Å². The Labute approximate surface area is 246 Å². The summed E-state index contributed by atoms with van der Waals surface area (Å²) in [5, 5.41) is 8.19. The van der Waals surface area contributed by atoms with Gasteiger partial charge in [0.1, 0.15) is 22.3 Å². The summed E-state index contributed by atoms with van der Waals surface area (Å²) in [6.07, 6.45) is 2.95. The molecule has 5 aromatic carbocycles. The molecule has 0 amide bonds. The molecule has 5 nitrogen and oxygen atoms in total. The van der Waals surface area contributed by atoms with E-state index in [2.05, 4.69) is 77.0 Å². The summed E-state index contributed by atoms with van der Waals surface area (Å²) >= 11 is 6.44. The summed E-state index contributed by atoms with van der Waals surface area (Å²) in [5.74, 6) is 1.46. The highest BCUT2D eigenvalue weighted by Crippen LogP contribution is 2.36. The highest BCUT2D eigenvalue weighted by atomic mass is 35.5. The van der Waals surface area contributed by atoms with Gasteiger partial charge in [0.2, 0.25) is 0 Å². The molecule has 1 aliphatic rings. The Hall–Kier alpha value is -5.26. The van der Waals surface area contributed by atoms with Crippen LogP contribution < -0.4 is 5.32 Å². The van der Waals surface area contributed by atoms with Crippen molar-refractivity contribution in [3.63, 3.8) is 0 Å². The number of furan rings is 1. The van der Waals surface area contributed by atoms with Gasteiger partial charge in [0.15, 0.2) is 11.7 Å². The van der Waals surface area contributed by atoms with Crippen molar-refractivity contribution in [1.29, 1.82) is 0 Å². The van der Waals surface area contributed by atoms with Crippen molar-refractivity contribution >= 4 is 56.0 Å². The van der Waals surface area contributed by atoms with Crippen molar-refractivity contribution in [2.75, 3.05) is 0 Å².